The summed E-state index contributed by atoms with van der Waals surface area (Å²) in [6, 6.07) is 7.50. The van der Waals surface area contributed by atoms with Gasteiger partial charge in [0.1, 0.15) is 0 Å². The van der Waals surface area contributed by atoms with Crippen LogP contribution in [0, 0.1) is 12.8 Å². The first-order chi connectivity index (χ1) is 13.5. The van der Waals surface area contributed by atoms with Gasteiger partial charge in [0.15, 0.2) is 0 Å². The van der Waals surface area contributed by atoms with Crippen LogP contribution in [-0.4, -0.2) is 49.2 Å². The molecular formula is C22H33N3O3. The Morgan fingerprint density at radius 1 is 1.29 bits per heavy atom. The molecule has 1 heterocycles. The molecule has 2 N–H and O–H groups in total. The van der Waals surface area contributed by atoms with E-state index >= 15 is 0 Å². The Morgan fingerprint density at radius 2 is 2.07 bits per heavy atom. The van der Waals surface area contributed by atoms with Gasteiger partial charge in [-0.25, -0.2) is 4.79 Å². The van der Waals surface area contributed by atoms with Gasteiger partial charge in [-0.05, 0) is 56.2 Å². The summed E-state index contributed by atoms with van der Waals surface area (Å²) in [5.41, 5.74) is 1.43. The van der Waals surface area contributed by atoms with Crippen molar-refractivity contribution in [3.8, 4) is 0 Å². The first-order valence-corrected chi connectivity index (χ1v) is 10.4. The number of carbonyl (C=O) groups excluding carboxylic acids is 2. The molecule has 1 saturated carbocycles. The van der Waals surface area contributed by atoms with Crippen LogP contribution in [0.15, 0.2) is 24.3 Å². The van der Waals surface area contributed by atoms with Gasteiger partial charge in [0.2, 0.25) is 5.91 Å². The minimum Gasteiger partial charge on any atom is -0.385 e. The molecule has 2 fully saturated rings. The summed E-state index contributed by atoms with van der Waals surface area (Å²) in [4.78, 5) is 27.3. The molecule has 1 aromatic rings. The maximum Gasteiger partial charge on any atom is 0.319 e. The standard InChI is InChI=1S/C22H33N3O3/c1-17-6-5-9-19(14-17)23-21(27)24-22(11-13-28-2)10-12-25(16-22)20(26)15-18-7-3-4-8-18/h5-6,9,14,18H,3-4,7-8,10-13,15-16H2,1-2H3,(H2,23,24,27). The van der Waals surface area contributed by atoms with Gasteiger partial charge in [0.25, 0.3) is 0 Å². The summed E-state index contributed by atoms with van der Waals surface area (Å²) < 4.78 is 5.27. The van der Waals surface area contributed by atoms with Crippen molar-refractivity contribution in [1.82, 2.24) is 10.2 Å². The summed E-state index contributed by atoms with van der Waals surface area (Å²) in [6.07, 6.45) is 6.94. The maximum atomic E-state index is 12.7. The van der Waals surface area contributed by atoms with Gasteiger partial charge in [-0.1, -0.05) is 25.0 Å². The molecule has 3 rings (SSSR count). The molecule has 1 saturated heterocycles. The number of anilines is 1. The zero-order valence-electron chi connectivity index (χ0n) is 17.1. The SMILES string of the molecule is COCCC1(NC(=O)Nc2cccc(C)c2)CCN(C(=O)CC2CCCC2)C1. The summed E-state index contributed by atoms with van der Waals surface area (Å²) in [5, 5.41) is 6.07. The number of ether oxygens (including phenoxy) is 1. The Labute approximate surface area is 168 Å². The molecule has 1 atom stereocenters. The summed E-state index contributed by atoms with van der Waals surface area (Å²) in [7, 11) is 1.67. The molecule has 6 heteroatoms. The number of rotatable bonds is 7. The second-order valence-electron chi connectivity index (χ2n) is 8.39. The number of hydrogen-bond acceptors (Lipinski definition) is 3. The van der Waals surface area contributed by atoms with E-state index in [1.165, 1.54) is 25.7 Å². The molecule has 28 heavy (non-hydrogen) atoms. The Bertz CT molecular complexity index is 687. The predicted octanol–water partition coefficient (Wildman–Crippen LogP) is 3.70. The Kier molecular flexibility index (Phi) is 6.94. The van der Waals surface area contributed by atoms with Crippen LogP contribution in [0.1, 0.15) is 50.5 Å². The Hall–Kier alpha value is -2.08. The number of amides is 3. The normalized spacial score (nSPS) is 22.4. The summed E-state index contributed by atoms with van der Waals surface area (Å²) in [6.45, 7) is 3.80. The maximum absolute atomic E-state index is 12.7. The first kappa shape index (κ1) is 20.6. The van der Waals surface area contributed by atoms with Crippen LogP contribution in [0.25, 0.3) is 0 Å². The third-order valence-electron chi connectivity index (χ3n) is 6.08. The third kappa shape index (κ3) is 5.47. The molecule has 3 amide bonds. The quantitative estimate of drug-likeness (QED) is 0.749. The lowest BCUT2D eigenvalue weighted by Gasteiger charge is -2.31. The fraction of sp³-hybridized carbons (Fsp3) is 0.636. The predicted molar refractivity (Wildman–Crippen MR) is 110 cm³/mol. The van der Waals surface area contributed by atoms with Crippen LogP contribution < -0.4 is 10.6 Å². The van der Waals surface area contributed by atoms with Gasteiger partial charge >= 0.3 is 6.03 Å². The average molecular weight is 388 g/mol. The van der Waals surface area contributed by atoms with Crippen LogP contribution in [0.2, 0.25) is 0 Å². The molecule has 0 spiro atoms. The molecule has 2 aliphatic rings. The van der Waals surface area contributed by atoms with Crippen molar-refractivity contribution < 1.29 is 14.3 Å². The summed E-state index contributed by atoms with van der Waals surface area (Å²) >= 11 is 0. The van der Waals surface area contributed by atoms with Crippen molar-refractivity contribution >= 4 is 17.6 Å². The highest BCUT2D eigenvalue weighted by Gasteiger charge is 2.41. The van der Waals surface area contributed by atoms with Crippen LogP contribution in [0.4, 0.5) is 10.5 Å². The van der Waals surface area contributed by atoms with Crippen LogP contribution in [0.5, 0.6) is 0 Å². The van der Waals surface area contributed by atoms with E-state index in [0.29, 0.717) is 38.5 Å². The summed E-state index contributed by atoms with van der Waals surface area (Å²) in [5.74, 6) is 0.770. The molecule has 1 aromatic carbocycles. The molecule has 1 unspecified atom stereocenters. The molecule has 0 aromatic heterocycles. The number of methoxy groups -OCH3 is 1. The average Bonchev–Trinajstić information content (AvgIpc) is 3.30. The van der Waals surface area contributed by atoms with E-state index < -0.39 is 5.54 Å². The van der Waals surface area contributed by atoms with E-state index in [0.717, 1.165) is 17.7 Å². The second-order valence-corrected chi connectivity index (χ2v) is 8.39. The van der Waals surface area contributed by atoms with Gasteiger partial charge < -0.3 is 20.3 Å². The topological polar surface area (TPSA) is 70.7 Å². The van der Waals surface area contributed by atoms with Crippen LogP contribution in [-0.2, 0) is 9.53 Å². The Balaban J connectivity index is 1.60. The van der Waals surface area contributed by atoms with E-state index in [9.17, 15) is 9.59 Å². The number of urea groups is 1. The van der Waals surface area contributed by atoms with E-state index in [-0.39, 0.29) is 11.9 Å². The molecular weight excluding hydrogens is 354 g/mol. The number of nitrogens with zero attached hydrogens (tertiary/aromatic N) is 1. The number of hydrogen-bond donors (Lipinski definition) is 2. The highest BCUT2D eigenvalue weighted by molar-refractivity contribution is 5.90. The molecule has 1 aliphatic heterocycles. The molecule has 1 aliphatic carbocycles. The van der Waals surface area contributed by atoms with E-state index in [2.05, 4.69) is 10.6 Å². The smallest absolute Gasteiger partial charge is 0.319 e. The van der Waals surface area contributed by atoms with E-state index in [4.69, 9.17) is 4.74 Å². The molecule has 0 radical (unpaired) electrons. The van der Waals surface area contributed by atoms with E-state index in [1.54, 1.807) is 7.11 Å². The first-order valence-electron chi connectivity index (χ1n) is 10.4. The zero-order chi connectivity index (χ0) is 20.0. The second kappa shape index (κ2) is 9.41. The monoisotopic (exact) mass is 387 g/mol. The lowest BCUT2D eigenvalue weighted by molar-refractivity contribution is -0.131. The number of benzene rings is 1. The minimum atomic E-state index is -0.435. The number of carbonyl (C=O) groups is 2. The number of nitrogens with one attached hydrogen (secondary N) is 2. The number of aryl methyl sites for hydroxylation is 1. The lowest BCUT2D eigenvalue weighted by atomic mass is 9.94. The van der Waals surface area contributed by atoms with Crippen LogP contribution >= 0.6 is 0 Å². The van der Waals surface area contributed by atoms with Crippen molar-refractivity contribution in [2.24, 2.45) is 5.92 Å². The van der Waals surface area contributed by atoms with E-state index in [1.807, 2.05) is 36.1 Å². The molecule has 6 nitrogen and oxygen atoms in total. The fourth-order valence-electron chi connectivity index (χ4n) is 4.47. The van der Waals surface area contributed by atoms with Crippen molar-refractivity contribution in [3.05, 3.63) is 29.8 Å². The highest BCUT2D eigenvalue weighted by Crippen LogP contribution is 2.31. The molecule has 0 bridgehead atoms. The van der Waals surface area contributed by atoms with Gasteiger partial charge in [0, 0.05) is 38.9 Å². The fourth-order valence-corrected chi connectivity index (χ4v) is 4.47. The van der Waals surface area contributed by atoms with Gasteiger partial charge in [-0.3, -0.25) is 4.79 Å². The van der Waals surface area contributed by atoms with Crippen molar-refractivity contribution in [3.63, 3.8) is 0 Å². The largest absolute Gasteiger partial charge is 0.385 e. The Morgan fingerprint density at radius 3 is 2.79 bits per heavy atom. The highest BCUT2D eigenvalue weighted by atomic mass is 16.5. The van der Waals surface area contributed by atoms with Crippen molar-refractivity contribution in [2.45, 2.75) is 57.4 Å². The third-order valence-corrected chi connectivity index (χ3v) is 6.08. The lowest BCUT2D eigenvalue weighted by Crippen LogP contribution is -2.53. The van der Waals surface area contributed by atoms with Gasteiger partial charge in [-0.15, -0.1) is 0 Å². The zero-order valence-corrected chi connectivity index (χ0v) is 17.1. The van der Waals surface area contributed by atoms with Crippen molar-refractivity contribution in [2.75, 3.05) is 32.1 Å². The molecule has 154 valence electrons. The van der Waals surface area contributed by atoms with Crippen LogP contribution in [0.3, 0.4) is 0 Å². The van der Waals surface area contributed by atoms with Gasteiger partial charge in [-0.2, -0.15) is 0 Å². The number of likely N-dealkylation sites (tertiary alicyclic amines) is 1. The minimum absolute atomic E-state index is 0.229. The van der Waals surface area contributed by atoms with Crippen molar-refractivity contribution in [1.29, 1.82) is 0 Å². The van der Waals surface area contributed by atoms with Gasteiger partial charge in [0.05, 0.1) is 5.54 Å².